The van der Waals surface area contributed by atoms with Crippen molar-refractivity contribution in [2.24, 2.45) is 0 Å². The lowest BCUT2D eigenvalue weighted by Gasteiger charge is -2.20. The van der Waals surface area contributed by atoms with Gasteiger partial charge in [-0.05, 0) is 62.4 Å². The molecule has 0 saturated carbocycles. The first-order valence-corrected chi connectivity index (χ1v) is 10.2. The van der Waals surface area contributed by atoms with Crippen molar-refractivity contribution in [1.29, 1.82) is 0 Å². The molecule has 29 heavy (non-hydrogen) atoms. The lowest BCUT2D eigenvalue weighted by Crippen LogP contribution is -2.34. The number of benzene rings is 2. The summed E-state index contributed by atoms with van der Waals surface area (Å²) in [5, 5.41) is 5.77. The van der Waals surface area contributed by atoms with Crippen molar-refractivity contribution >= 4 is 17.5 Å². The van der Waals surface area contributed by atoms with Gasteiger partial charge in [0.05, 0.1) is 11.3 Å². The van der Waals surface area contributed by atoms with Crippen LogP contribution in [0.2, 0.25) is 0 Å². The van der Waals surface area contributed by atoms with E-state index in [0.29, 0.717) is 17.0 Å². The van der Waals surface area contributed by atoms with Crippen molar-refractivity contribution in [3.63, 3.8) is 0 Å². The predicted octanol–water partition coefficient (Wildman–Crippen LogP) is 5.05. The van der Waals surface area contributed by atoms with Gasteiger partial charge in [-0.3, -0.25) is 9.59 Å². The first-order valence-electron chi connectivity index (χ1n) is 10.2. The Morgan fingerprint density at radius 1 is 1.03 bits per heavy atom. The van der Waals surface area contributed by atoms with E-state index in [1.807, 2.05) is 39.0 Å². The largest absolute Gasteiger partial charge is 0.481 e. The fraction of sp³-hybridized carbons (Fsp3) is 0.417. The first kappa shape index (κ1) is 22.5. The lowest BCUT2D eigenvalue weighted by atomic mass is 10.0. The summed E-state index contributed by atoms with van der Waals surface area (Å²) in [6.45, 7) is 11.8. The fourth-order valence-corrected chi connectivity index (χ4v) is 2.89. The van der Waals surface area contributed by atoms with E-state index in [9.17, 15) is 9.59 Å². The summed E-state index contributed by atoms with van der Waals surface area (Å²) in [4.78, 5) is 25.3. The van der Waals surface area contributed by atoms with E-state index in [1.54, 1.807) is 31.2 Å². The molecular formula is C24H32N2O3. The van der Waals surface area contributed by atoms with Crippen LogP contribution < -0.4 is 15.4 Å². The predicted molar refractivity (Wildman–Crippen MR) is 118 cm³/mol. The highest BCUT2D eigenvalue weighted by Gasteiger charge is 2.20. The maximum atomic E-state index is 12.8. The average molecular weight is 397 g/mol. The van der Waals surface area contributed by atoms with Crippen LogP contribution in [0.5, 0.6) is 5.75 Å². The summed E-state index contributed by atoms with van der Waals surface area (Å²) in [6, 6.07) is 13.1. The summed E-state index contributed by atoms with van der Waals surface area (Å²) < 4.78 is 5.99. The van der Waals surface area contributed by atoms with Crippen LogP contribution >= 0.6 is 0 Å². The van der Waals surface area contributed by atoms with Crippen LogP contribution in [0.4, 0.5) is 5.69 Å². The number of hydrogen-bond donors (Lipinski definition) is 2. The summed E-state index contributed by atoms with van der Waals surface area (Å²) in [5.41, 5.74) is 3.04. The minimum atomic E-state index is -0.708. The van der Waals surface area contributed by atoms with Crippen molar-refractivity contribution in [3.8, 4) is 5.75 Å². The quantitative estimate of drug-likeness (QED) is 0.656. The molecule has 2 aromatic rings. The average Bonchev–Trinajstić information content (AvgIpc) is 2.67. The topological polar surface area (TPSA) is 67.4 Å². The molecule has 0 saturated heterocycles. The number of carbonyl (C=O) groups is 2. The van der Waals surface area contributed by atoms with E-state index in [4.69, 9.17) is 4.74 Å². The number of amides is 2. The fourth-order valence-electron chi connectivity index (χ4n) is 2.89. The SMILES string of the molecule is CC[C@@H](C)NC(=O)c1ccccc1NC(=O)[C@H](C)Oc1cc(C)ccc1C(C)C. The van der Waals surface area contributed by atoms with Crippen LogP contribution in [-0.2, 0) is 4.79 Å². The molecule has 0 aliphatic heterocycles. The third-order valence-corrected chi connectivity index (χ3v) is 4.88. The van der Waals surface area contributed by atoms with Crippen LogP contribution in [0, 0.1) is 6.92 Å². The molecule has 0 bridgehead atoms. The van der Waals surface area contributed by atoms with E-state index in [-0.39, 0.29) is 23.8 Å². The van der Waals surface area contributed by atoms with E-state index < -0.39 is 6.10 Å². The van der Waals surface area contributed by atoms with Crippen LogP contribution in [0.1, 0.15) is 68.4 Å². The monoisotopic (exact) mass is 396 g/mol. The van der Waals surface area contributed by atoms with Gasteiger partial charge >= 0.3 is 0 Å². The Morgan fingerprint density at radius 3 is 2.38 bits per heavy atom. The lowest BCUT2D eigenvalue weighted by molar-refractivity contribution is -0.122. The van der Waals surface area contributed by atoms with Gasteiger partial charge in [0.2, 0.25) is 0 Å². The maximum absolute atomic E-state index is 12.8. The Hall–Kier alpha value is -2.82. The van der Waals surface area contributed by atoms with E-state index in [1.165, 1.54) is 0 Å². The number of nitrogens with one attached hydrogen (secondary N) is 2. The Bertz CT molecular complexity index is 861. The minimum absolute atomic E-state index is 0.0595. The molecule has 2 aromatic carbocycles. The molecule has 5 heteroatoms. The second-order valence-corrected chi connectivity index (χ2v) is 7.77. The number of aryl methyl sites for hydroxylation is 1. The second kappa shape index (κ2) is 10.1. The number of ether oxygens (including phenoxy) is 1. The molecule has 0 fully saturated rings. The second-order valence-electron chi connectivity index (χ2n) is 7.77. The first-order chi connectivity index (χ1) is 13.7. The smallest absolute Gasteiger partial charge is 0.265 e. The van der Waals surface area contributed by atoms with Gasteiger partial charge in [0, 0.05) is 6.04 Å². The van der Waals surface area contributed by atoms with Gasteiger partial charge in [-0.15, -0.1) is 0 Å². The zero-order valence-electron chi connectivity index (χ0n) is 18.2. The molecule has 156 valence electrons. The Balaban J connectivity index is 2.15. The molecule has 2 amide bonds. The van der Waals surface area contributed by atoms with Gasteiger partial charge in [-0.25, -0.2) is 0 Å². The molecule has 0 aliphatic carbocycles. The summed E-state index contributed by atoms with van der Waals surface area (Å²) in [7, 11) is 0. The summed E-state index contributed by atoms with van der Waals surface area (Å²) >= 11 is 0. The molecule has 0 aliphatic rings. The molecule has 2 rings (SSSR count). The molecule has 0 radical (unpaired) electrons. The highest BCUT2D eigenvalue weighted by Crippen LogP contribution is 2.28. The third kappa shape index (κ3) is 6.08. The highest BCUT2D eigenvalue weighted by atomic mass is 16.5. The van der Waals surface area contributed by atoms with Crippen molar-refractivity contribution in [2.45, 2.75) is 66.0 Å². The van der Waals surface area contributed by atoms with Crippen molar-refractivity contribution in [2.75, 3.05) is 5.32 Å². The van der Waals surface area contributed by atoms with Crippen LogP contribution in [-0.4, -0.2) is 24.0 Å². The van der Waals surface area contributed by atoms with E-state index in [2.05, 4.69) is 24.5 Å². The number of rotatable bonds is 8. The maximum Gasteiger partial charge on any atom is 0.265 e. The molecule has 0 aromatic heterocycles. The van der Waals surface area contributed by atoms with E-state index >= 15 is 0 Å². The number of carbonyl (C=O) groups excluding carboxylic acids is 2. The highest BCUT2D eigenvalue weighted by molar-refractivity contribution is 6.04. The standard InChI is InChI=1S/C24H32N2O3/c1-7-17(5)25-24(28)20-10-8-9-11-21(20)26-23(27)18(6)29-22-14-16(4)12-13-19(22)15(2)3/h8-15,17-18H,7H2,1-6H3,(H,25,28)(H,26,27)/t17-,18+/m1/s1. The minimum Gasteiger partial charge on any atom is -0.481 e. The zero-order chi connectivity index (χ0) is 21.6. The molecule has 0 spiro atoms. The Labute approximate surface area is 173 Å². The van der Waals surface area contributed by atoms with Gasteiger partial charge in [0.15, 0.2) is 6.10 Å². The van der Waals surface area contributed by atoms with Gasteiger partial charge in [-0.2, -0.15) is 0 Å². The zero-order valence-corrected chi connectivity index (χ0v) is 18.2. The molecule has 2 N–H and O–H groups in total. The number of hydrogen-bond acceptors (Lipinski definition) is 3. The van der Waals surface area contributed by atoms with E-state index in [0.717, 1.165) is 17.5 Å². The van der Waals surface area contributed by atoms with Gasteiger partial charge in [0.25, 0.3) is 11.8 Å². The van der Waals surface area contributed by atoms with Crippen molar-refractivity contribution < 1.29 is 14.3 Å². The Morgan fingerprint density at radius 2 is 1.72 bits per heavy atom. The molecule has 2 atom stereocenters. The van der Waals surface area contributed by atoms with Crippen LogP contribution in [0.25, 0.3) is 0 Å². The van der Waals surface area contributed by atoms with Gasteiger partial charge in [0.1, 0.15) is 5.75 Å². The number of anilines is 1. The van der Waals surface area contributed by atoms with Crippen LogP contribution in [0.15, 0.2) is 42.5 Å². The normalized spacial score (nSPS) is 12.9. The summed E-state index contributed by atoms with van der Waals surface area (Å²) in [5.74, 6) is 0.492. The van der Waals surface area contributed by atoms with Gasteiger partial charge < -0.3 is 15.4 Å². The molecule has 5 nitrogen and oxygen atoms in total. The molecule has 0 heterocycles. The summed E-state index contributed by atoms with van der Waals surface area (Å²) in [6.07, 6.45) is 0.125. The molecular weight excluding hydrogens is 364 g/mol. The number of para-hydroxylation sites is 1. The van der Waals surface area contributed by atoms with Gasteiger partial charge in [-0.1, -0.05) is 45.0 Å². The van der Waals surface area contributed by atoms with Crippen molar-refractivity contribution in [1.82, 2.24) is 5.32 Å². The van der Waals surface area contributed by atoms with Crippen molar-refractivity contribution in [3.05, 3.63) is 59.2 Å². The van der Waals surface area contributed by atoms with Crippen LogP contribution in [0.3, 0.4) is 0 Å². The third-order valence-electron chi connectivity index (χ3n) is 4.88. The Kier molecular flexibility index (Phi) is 7.82. The molecule has 0 unspecified atom stereocenters.